The molecule has 2 aliphatic heterocycles. The van der Waals surface area contributed by atoms with E-state index in [4.69, 9.17) is 21.8 Å². The minimum absolute atomic E-state index is 0.497. The van der Waals surface area contributed by atoms with Crippen molar-refractivity contribution in [3.63, 3.8) is 0 Å². The van der Waals surface area contributed by atoms with Crippen molar-refractivity contribution in [3.05, 3.63) is 41.2 Å². The van der Waals surface area contributed by atoms with Crippen LogP contribution in [-0.4, -0.2) is 56.3 Å². The summed E-state index contributed by atoms with van der Waals surface area (Å²) in [7, 11) is 2.16. The highest BCUT2D eigenvalue weighted by atomic mass is 35.5. The molecule has 0 aromatic carbocycles. The highest BCUT2D eigenvalue weighted by Crippen LogP contribution is 2.44. The molecule has 0 amide bonds. The number of aromatic nitrogens is 1. The van der Waals surface area contributed by atoms with Crippen molar-refractivity contribution >= 4 is 23.5 Å². The number of piperidine rings is 1. The quantitative estimate of drug-likeness (QED) is 0.698. The van der Waals surface area contributed by atoms with Crippen molar-refractivity contribution in [3.8, 4) is 0 Å². The molecule has 2 fully saturated rings. The van der Waals surface area contributed by atoms with Crippen molar-refractivity contribution in [1.82, 2.24) is 9.88 Å². The third-order valence-electron chi connectivity index (χ3n) is 4.70. The first-order valence-corrected chi connectivity index (χ1v) is 8.29. The second-order valence-electron chi connectivity index (χ2n) is 6.36. The summed E-state index contributed by atoms with van der Waals surface area (Å²) >= 11 is 5.84. The van der Waals surface area contributed by atoms with Crippen LogP contribution in [0, 0.1) is 0 Å². The van der Waals surface area contributed by atoms with Crippen LogP contribution in [0.5, 0.6) is 0 Å². The first-order valence-electron chi connectivity index (χ1n) is 7.91. The van der Waals surface area contributed by atoms with E-state index in [1.54, 1.807) is 6.20 Å². The van der Waals surface area contributed by atoms with E-state index in [2.05, 4.69) is 16.9 Å². The van der Waals surface area contributed by atoms with Crippen molar-refractivity contribution in [1.29, 1.82) is 0 Å². The van der Waals surface area contributed by atoms with Gasteiger partial charge in [-0.15, -0.1) is 0 Å². The minimum Gasteiger partial charge on any atom is -0.478 e. The molecule has 2 saturated heterocycles. The van der Waals surface area contributed by atoms with Gasteiger partial charge in [-0.25, -0.2) is 9.59 Å². The SMILES string of the molecule is CN1C2CCC1CC(O)(c1ccc(Cl)cn1)C2.O=C(O)/C=C/C(=O)O. The van der Waals surface area contributed by atoms with Gasteiger partial charge in [0.1, 0.15) is 5.60 Å². The van der Waals surface area contributed by atoms with E-state index < -0.39 is 17.5 Å². The van der Waals surface area contributed by atoms with Crippen LogP contribution in [0.25, 0.3) is 0 Å². The lowest BCUT2D eigenvalue weighted by Gasteiger charge is -2.41. The number of pyridine rings is 1. The zero-order valence-electron chi connectivity index (χ0n) is 13.8. The van der Waals surface area contributed by atoms with Crippen LogP contribution in [-0.2, 0) is 15.2 Å². The van der Waals surface area contributed by atoms with E-state index >= 15 is 0 Å². The average molecular weight is 369 g/mol. The lowest BCUT2D eigenvalue weighted by atomic mass is 9.83. The molecule has 2 aliphatic rings. The lowest BCUT2D eigenvalue weighted by molar-refractivity contribution is -0.134. The normalized spacial score (nSPS) is 28.4. The first kappa shape index (κ1) is 19.4. The van der Waals surface area contributed by atoms with Gasteiger partial charge in [-0.2, -0.15) is 0 Å². The second-order valence-corrected chi connectivity index (χ2v) is 6.80. The highest BCUT2D eigenvalue weighted by molar-refractivity contribution is 6.30. The molecule has 1 aromatic heterocycles. The van der Waals surface area contributed by atoms with Gasteiger partial charge in [0.05, 0.1) is 10.7 Å². The molecule has 0 radical (unpaired) electrons. The smallest absolute Gasteiger partial charge is 0.328 e. The zero-order chi connectivity index (χ0) is 18.6. The molecular formula is C17H21ClN2O5. The standard InChI is InChI=1S/C13H17ClN2O.C4H4O4/c1-16-10-3-4-11(16)7-13(17,6-10)12-5-2-9(14)8-15-12;5-3(6)1-2-4(7)8/h2,5,8,10-11,17H,3-4,6-7H2,1H3;1-2H,(H,5,6)(H,7,8)/b;2-1+. The molecule has 7 nitrogen and oxygen atoms in total. The molecular weight excluding hydrogens is 348 g/mol. The maximum atomic E-state index is 10.8. The Hall–Kier alpha value is -1.96. The van der Waals surface area contributed by atoms with Crippen LogP contribution in [0.4, 0.5) is 0 Å². The first-order chi connectivity index (χ1) is 11.7. The molecule has 1 aromatic rings. The number of carboxylic acids is 2. The fourth-order valence-electron chi connectivity index (χ4n) is 3.45. The van der Waals surface area contributed by atoms with Gasteiger partial charge in [0.25, 0.3) is 0 Å². The minimum atomic E-state index is -1.26. The third-order valence-corrected chi connectivity index (χ3v) is 4.93. The fourth-order valence-corrected chi connectivity index (χ4v) is 3.56. The summed E-state index contributed by atoms with van der Waals surface area (Å²) in [5, 5.41) is 27.0. The summed E-state index contributed by atoms with van der Waals surface area (Å²) in [4.78, 5) is 25.8. The van der Waals surface area contributed by atoms with Crippen molar-refractivity contribution in [2.75, 3.05) is 7.05 Å². The Morgan fingerprint density at radius 1 is 1.20 bits per heavy atom. The van der Waals surface area contributed by atoms with E-state index in [-0.39, 0.29) is 0 Å². The summed E-state index contributed by atoms with van der Waals surface area (Å²) in [5.41, 5.74) is 0.00930. The fraction of sp³-hybridized carbons (Fsp3) is 0.471. The number of aliphatic carboxylic acids is 2. The van der Waals surface area contributed by atoms with Crippen LogP contribution in [0.1, 0.15) is 31.4 Å². The molecule has 0 aliphatic carbocycles. The van der Waals surface area contributed by atoms with Gasteiger partial charge in [0.2, 0.25) is 0 Å². The Morgan fingerprint density at radius 3 is 2.12 bits per heavy atom. The predicted molar refractivity (Wildman–Crippen MR) is 91.4 cm³/mol. The predicted octanol–water partition coefficient (Wildman–Crippen LogP) is 1.89. The largest absolute Gasteiger partial charge is 0.478 e. The molecule has 136 valence electrons. The Balaban J connectivity index is 0.000000242. The van der Waals surface area contributed by atoms with Crippen LogP contribution in [0.15, 0.2) is 30.5 Å². The monoisotopic (exact) mass is 368 g/mol. The van der Waals surface area contributed by atoms with Gasteiger partial charge in [-0.05, 0) is 44.9 Å². The van der Waals surface area contributed by atoms with E-state index in [9.17, 15) is 14.7 Å². The molecule has 3 heterocycles. The summed E-state index contributed by atoms with van der Waals surface area (Å²) in [5.74, 6) is -2.51. The molecule has 2 atom stereocenters. The molecule has 0 saturated carbocycles. The number of halogens is 1. The lowest BCUT2D eigenvalue weighted by Crippen LogP contribution is -2.47. The molecule has 25 heavy (non-hydrogen) atoms. The average Bonchev–Trinajstić information content (AvgIpc) is 2.77. The zero-order valence-corrected chi connectivity index (χ0v) is 14.6. The Kier molecular flexibility index (Phi) is 6.16. The molecule has 0 spiro atoms. The van der Waals surface area contributed by atoms with Gasteiger partial charge in [-0.1, -0.05) is 11.6 Å². The number of hydrogen-bond acceptors (Lipinski definition) is 5. The van der Waals surface area contributed by atoms with Crippen molar-refractivity contribution in [2.24, 2.45) is 0 Å². The summed E-state index contributed by atoms with van der Waals surface area (Å²) in [6.07, 6.45) is 6.69. The summed E-state index contributed by atoms with van der Waals surface area (Å²) < 4.78 is 0. The topological polar surface area (TPSA) is 111 Å². The van der Waals surface area contributed by atoms with E-state index in [1.807, 2.05) is 12.1 Å². The number of carboxylic acid groups (broad SMARTS) is 2. The van der Waals surface area contributed by atoms with Crippen LogP contribution < -0.4 is 0 Å². The van der Waals surface area contributed by atoms with Crippen LogP contribution in [0.2, 0.25) is 5.02 Å². The maximum Gasteiger partial charge on any atom is 0.328 e. The van der Waals surface area contributed by atoms with Crippen molar-refractivity contribution in [2.45, 2.75) is 43.4 Å². The Labute approximate surface area is 150 Å². The molecule has 3 rings (SSSR count). The van der Waals surface area contributed by atoms with Crippen molar-refractivity contribution < 1.29 is 24.9 Å². The molecule has 3 N–H and O–H groups in total. The van der Waals surface area contributed by atoms with E-state index in [0.717, 1.165) is 18.5 Å². The van der Waals surface area contributed by atoms with E-state index in [1.165, 1.54) is 12.8 Å². The Bertz CT molecular complexity index is 632. The number of aliphatic hydroxyl groups is 1. The number of carbonyl (C=O) groups is 2. The van der Waals surface area contributed by atoms with Gasteiger partial charge in [0.15, 0.2) is 0 Å². The highest BCUT2D eigenvalue weighted by Gasteiger charge is 2.47. The van der Waals surface area contributed by atoms with Gasteiger partial charge in [0, 0.05) is 30.4 Å². The number of fused-ring (bicyclic) bond motifs is 2. The number of hydrogen-bond donors (Lipinski definition) is 3. The second kappa shape index (κ2) is 7.95. The third kappa shape index (κ3) is 5.01. The summed E-state index contributed by atoms with van der Waals surface area (Å²) in [6.45, 7) is 0. The number of nitrogens with zero attached hydrogens (tertiary/aromatic N) is 2. The van der Waals surface area contributed by atoms with E-state index in [0.29, 0.717) is 29.3 Å². The van der Waals surface area contributed by atoms with Gasteiger partial charge < -0.3 is 20.2 Å². The molecule has 8 heteroatoms. The Morgan fingerprint density at radius 2 is 1.72 bits per heavy atom. The van der Waals surface area contributed by atoms with Crippen LogP contribution in [0.3, 0.4) is 0 Å². The molecule has 2 unspecified atom stereocenters. The van der Waals surface area contributed by atoms with Gasteiger partial charge >= 0.3 is 11.9 Å². The summed E-state index contributed by atoms with van der Waals surface area (Å²) in [6, 6.07) is 4.65. The van der Waals surface area contributed by atoms with Gasteiger partial charge in [-0.3, -0.25) is 4.98 Å². The van der Waals surface area contributed by atoms with Crippen LogP contribution >= 0.6 is 11.6 Å². The molecule has 2 bridgehead atoms. The maximum absolute atomic E-state index is 10.8. The number of rotatable bonds is 3.